The molecule has 8 heterocycles. The Hall–Kier alpha value is -4.21. The number of carbonyl (C=O) groups is 1. The van der Waals surface area contributed by atoms with Gasteiger partial charge in [-0.3, -0.25) is 15.1 Å². The molecule has 7 aliphatic rings. The Balaban J connectivity index is 1.22. The normalized spacial score (nSPS) is 30.5. The maximum atomic E-state index is 14.6. The number of phenols is 2. The summed E-state index contributed by atoms with van der Waals surface area (Å²) >= 11 is 1.48. The molecule has 2 saturated heterocycles. The van der Waals surface area contributed by atoms with Crippen molar-refractivity contribution in [3.63, 3.8) is 0 Å². The van der Waals surface area contributed by atoms with Crippen LogP contribution in [0.5, 0.6) is 28.7 Å². The number of H-pyrrole nitrogens is 1. The lowest BCUT2D eigenvalue weighted by Crippen LogP contribution is -2.70. The molecule has 4 aromatic rings. The molecule has 4 bridgehead atoms. The number of ether oxygens (including phenoxy) is 4. The number of piperazine rings is 1. The molecule has 5 N–H and O–H groups in total. The van der Waals surface area contributed by atoms with Gasteiger partial charge in [0.2, 0.25) is 6.79 Å². The van der Waals surface area contributed by atoms with Crippen LogP contribution >= 0.6 is 11.8 Å². The van der Waals surface area contributed by atoms with E-state index in [0.717, 1.165) is 27.6 Å². The summed E-state index contributed by atoms with van der Waals surface area (Å²) in [5.41, 5.74) is 5.13. The molecule has 1 aromatic heterocycles. The molecule has 12 nitrogen and oxygen atoms in total. The first-order valence-electron chi connectivity index (χ1n) is 17.6. The minimum absolute atomic E-state index is 0.0342. The number of aromatic hydroxyl groups is 2. The number of rotatable bonds is 1. The van der Waals surface area contributed by atoms with Crippen LogP contribution in [-0.4, -0.2) is 94.2 Å². The van der Waals surface area contributed by atoms with E-state index in [4.69, 9.17) is 18.9 Å². The summed E-state index contributed by atoms with van der Waals surface area (Å²) in [5, 5.41) is 40.2. The molecule has 14 heteroatoms. The van der Waals surface area contributed by atoms with Crippen molar-refractivity contribution in [2.75, 3.05) is 39.9 Å². The monoisotopic (exact) mass is 730 g/mol. The molecule has 3 aromatic carbocycles. The van der Waals surface area contributed by atoms with E-state index in [1.807, 2.05) is 24.9 Å². The summed E-state index contributed by atoms with van der Waals surface area (Å²) in [7, 11) is 3.51. The van der Waals surface area contributed by atoms with E-state index in [2.05, 4.69) is 15.2 Å². The number of aromatic nitrogens is 1. The van der Waals surface area contributed by atoms with Crippen LogP contribution in [-0.2, 0) is 27.9 Å². The molecule has 272 valence electrons. The number of aromatic amines is 1. The second kappa shape index (κ2) is 11.2. The summed E-state index contributed by atoms with van der Waals surface area (Å²) in [6, 6.07) is 4.52. The number of halogens is 1. The Labute approximate surface area is 302 Å². The fourth-order valence-corrected chi connectivity index (χ4v) is 11.9. The van der Waals surface area contributed by atoms with Gasteiger partial charge in [-0.15, -0.1) is 11.8 Å². The number of esters is 1. The second-order valence-corrected chi connectivity index (χ2v) is 16.0. The smallest absolute Gasteiger partial charge is 0.333 e. The van der Waals surface area contributed by atoms with Crippen molar-refractivity contribution < 1.29 is 43.5 Å². The number of thioether (sulfide) groups is 1. The number of nitrogens with zero attached hydrogens (tertiary/aromatic N) is 2. The average molecular weight is 731 g/mol. The molecule has 0 saturated carbocycles. The molecule has 1 unspecified atom stereocenters. The van der Waals surface area contributed by atoms with Crippen LogP contribution in [0.2, 0.25) is 0 Å². The number of hydrogen-bond acceptors (Lipinski definition) is 12. The second-order valence-electron chi connectivity index (χ2n) is 14.8. The SMILES string of the molecule is COc1c(C)cc2c(c1O)[C@H]1C3[C@@H]4SC[C@]5(NCCc6c5[nH]c5ccc(F)cc65)C(=O)OC[C@@H](c5c6c(c(C)c(O)c54)OCO6)N3[C@@H](O)[C@H](C2)N1C. The third-order valence-corrected chi connectivity index (χ3v) is 13.9. The Morgan fingerprint density at radius 1 is 1.08 bits per heavy atom. The fraction of sp³-hybridized carbons (Fsp3) is 0.447. The Morgan fingerprint density at radius 3 is 2.69 bits per heavy atom. The van der Waals surface area contributed by atoms with Gasteiger partial charge in [0.25, 0.3) is 0 Å². The summed E-state index contributed by atoms with van der Waals surface area (Å²) in [6.07, 6.45) is 0.0442. The predicted octanol–water partition coefficient (Wildman–Crippen LogP) is 4.10. The van der Waals surface area contributed by atoms with Crippen molar-refractivity contribution in [3.8, 4) is 28.7 Å². The number of likely N-dealkylation sites (N-methyl/N-ethyl adjacent to an activating group) is 1. The summed E-state index contributed by atoms with van der Waals surface area (Å²) in [4.78, 5) is 22.2. The van der Waals surface area contributed by atoms with Crippen molar-refractivity contribution in [2.24, 2.45) is 0 Å². The molecule has 2 fully saturated rings. The highest BCUT2D eigenvalue weighted by molar-refractivity contribution is 7.99. The quantitative estimate of drug-likeness (QED) is 0.180. The molecule has 0 amide bonds. The van der Waals surface area contributed by atoms with Gasteiger partial charge in [0.05, 0.1) is 36.2 Å². The van der Waals surface area contributed by atoms with E-state index in [1.165, 1.54) is 23.9 Å². The van der Waals surface area contributed by atoms with Crippen LogP contribution in [0.1, 0.15) is 62.0 Å². The van der Waals surface area contributed by atoms with E-state index in [1.54, 1.807) is 20.1 Å². The highest BCUT2D eigenvalue weighted by Crippen LogP contribution is 2.64. The fourth-order valence-electron chi connectivity index (χ4n) is 10.2. The number of nitrogens with one attached hydrogen (secondary N) is 2. The molecule has 52 heavy (non-hydrogen) atoms. The zero-order valence-corrected chi connectivity index (χ0v) is 29.9. The lowest BCUT2D eigenvalue weighted by molar-refractivity contribution is -0.186. The zero-order chi connectivity index (χ0) is 36.0. The molecule has 7 atom stereocenters. The predicted molar refractivity (Wildman–Crippen MR) is 189 cm³/mol. The maximum Gasteiger partial charge on any atom is 0.333 e. The standard InChI is InChI=1S/C38H39FN4O8S/c1-15-9-17-10-22-36(46)43-23-12-49-37(47)38(35-19(7-8-40-38)20-11-18(39)5-6-21(20)41-35)13-52-34(26-25(23)33-32(50-14-51-33)16(2)29(26)44)28(43)27(42(22)3)24(17)30(45)31(15)48-4/h5-6,9,11,22-23,27-28,34,36,40-41,44-46H,7-8,10,12-14H2,1-4H3/t22-,23-,27-,28?,34+,36-,38+/m0/s1. The number of aliphatic hydroxyl groups is 1. The van der Waals surface area contributed by atoms with Crippen LogP contribution in [0.15, 0.2) is 24.3 Å². The van der Waals surface area contributed by atoms with Gasteiger partial charge in [-0.1, -0.05) is 6.07 Å². The third-order valence-electron chi connectivity index (χ3n) is 12.5. The Kier molecular flexibility index (Phi) is 6.96. The number of methoxy groups -OCH3 is 1. The van der Waals surface area contributed by atoms with Crippen molar-refractivity contribution in [1.82, 2.24) is 20.1 Å². The molecule has 7 aliphatic heterocycles. The van der Waals surface area contributed by atoms with Crippen molar-refractivity contribution in [1.29, 1.82) is 0 Å². The molecular weight excluding hydrogens is 692 g/mol. The lowest BCUT2D eigenvalue weighted by atomic mass is 9.73. The number of carbonyl (C=O) groups excluding carboxylic acids is 1. The van der Waals surface area contributed by atoms with Crippen LogP contribution in [0.3, 0.4) is 0 Å². The van der Waals surface area contributed by atoms with Gasteiger partial charge in [-0.25, -0.2) is 9.18 Å². The van der Waals surface area contributed by atoms with Crippen LogP contribution in [0.4, 0.5) is 4.39 Å². The van der Waals surface area contributed by atoms with Crippen molar-refractivity contribution in [3.05, 3.63) is 74.7 Å². The Morgan fingerprint density at radius 2 is 1.88 bits per heavy atom. The van der Waals surface area contributed by atoms with Crippen molar-refractivity contribution in [2.45, 2.75) is 67.9 Å². The largest absolute Gasteiger partial charge is 0.507 e. The van der Waals surface area contributed by atoms with Crippen LogP contribution < -0.4 is 19.5 Å². The van der Waals surface area contributed by atoms with E-state index < -0.39 is 41.1 Å². The van der Waals surface area contributed by atoms with Gasteiger partial charge in [0, 0.05) is 51.5 Å². The number of hydrogen-bond donors (Lipinski definition) is 5. The van der Waals surface area contributed by atoms with E-state index in [9.17, 15) is 24.5 Å². The van der Waals surface area contributed by atoms with Crippen LogP contribution in [0, 0.1) is 19.7 Å². The number of aryl methyl sites for hydroxylation is 1. The first-order chi connectivity index (χ1) is 25.1. The van der Waals surface area contributed by atoms with Gasteiger partial charge >= 0.3 is 5.97 Å². The molecule has 0 radical (unpaired) electrons. The van der Waals surface area contributed by atoms with Crippen LogP contribution in [0.25, 0.3) is 10.9 Å². The highest BCUT2D eigenvalue weighted by Gasteiger charge is 2.61. The summed E-state index contributed by atoms with van der Waals surface area (Å²) in [5.74, 6) is 0.733. The van der Waals surface area contributed by atoms with Crippen molar-refractivity contribution >= 4 is 28.6 Å². The van der Waals surface area contributed by atoms with Gasteiger partial charge < -0.3 is 39.3 Å². The first-order valence-corrected chi connectivity index (χ1v) is 18.7. The maximum absolute atomic E-state index is 14.6. The number of benzene rings is 3. The number of fused-ring (bicyclic) bond motifs is 11. The number of aliphatic hydroxyl groups excluding tert-OH is 1. The molecule has 0 aliphatic carbocycles. The summed E-state index contributed by atoms with van der Waals surface area (Å²) < 4.78 is 38.6. The minimum atomic E-state index is -1.33. The molecular formula is C38H39FN4O8S. The topological polar surface area (TPSA) is 149 Å². The number of phenolic OH excluding ortho intramolecular Hbond substituents is 2. The van der Waals surface area contributed by atoms with Gasteiger partial charge in [0.15, 0.2) is 28.5 Å². The van der Waals surface area contributed by atoms with E-state index in [-0.39, 0.29) is 42.5 Å². The van der Waals surface area contributed by atoms with Gasteiger partial charge in [0.1, 0.15) is 24.4 Å². The third kappa shape index (κ3) is 4.04. The lowest BCUT2D eigenvalue weighted by Gasteiger charge is -2.62. The van der Waals surface area contributed by atoms with Gasteiger partial charge in [-0.2, -0.15) is 0 Å². The molecule has 11 rings (SSSR count). The first kappa shape index (κ1) is 32.4. The molecule has 1 spiro atoms. The Bertz CT molecular complexity index is 2230. The van der Waals surface area contributed by atoms with Gasteiger partial charge in [-0.05, 0) is 68.6 Å². The average Bonchev–Trinajstić information content (AvgIpc) is 3.76. The zero-order valence-electron chi connectivity index (χ0n) is 29.1. The summed E-state index contributed by atoms with van der Waals surface area (Å²) in [6.45, 7) is 3.96. The van der Waals surface area contributed by atoms with E-state index in [0.29, 0.717) is 64.6 Å². The minimum Gasteiger partial charge on any atom is -0.507 e. The highest BCUT2D eigenvalue weighted by atomic mass is 32.2. The van der Waals surface area contributed by atoms with E-state index >= 15 is 0 Å².